The van der Waals surface area contributed by atoms with E-state index in [-0.39, 0.29) is 6.04 Å². The van der Waals surface area contributed by atoms with Crippen molar-refractivity contribution in [2.24, 2.45) is 0 Å². The summed E-state index contributed by atoms with van der Waals surface area (Å²) in [4.78, 5) is 13.9. The first-order valence-corrected chi connectivity index (χ1v) is 8.04. The minimum Gasteiger partial charge on any atom is -0.480 e. The summed E-state index contributed by atoms with van der Waals surface area (Å²) in [5, 5.41) is 9.66. The molecule has 1 aromatic carbocycles. The van der Waals surface area contributed by atoms with Gasteiger partial charge in [-0.3, -0.25) is 9.69 Å². The first-order valence-electron chi connectivity index (χ1n) is 7.24. The van der Waals surface area contributed by atoms with Crippen molar-refractivity contribution in [3.63, 3.8) is 0 Å². The molecular formula is C16H22BrNO2. The molecule has 1 aromatic rings. The van der Waals surface area contributed by atoms with E-state index in [9.17, 15) is 9.90 Å². The lowest BCUT2D eigenvalue weighted by molar-refractivity contribution is -0.155. The fraction of sp³-hybridized carbons (Fsp3) is 0.562. The van der Waals surface area contributed by atoms with Gasteiger partial charge < -0.3 is 5.11 Å². The molecule has 0 aromatic heterocycles. The summed E-state index contributed by atoms with van der Waals surface area (Å²) in [6.07, 6.45) is 3.72. The van der Waals surface area contributed by atoms with Gasteiger partial charge in [-0.1, -0.05) is 35.0 Å². The number of hydrogen-bond acceptors (Lipinski definition) is 2. The van der Waals surface area contributed by atoms with Gasteiger partial charge >= 0.3 is 5.97 Å². The Kier molecular flexibility index (Phi) is 4.86. The molecule has 0 spiro atoms. The predicted octanol–water partition coefficient (Wildman–Crippen LogP) is 4.23. The number of halogens is 1. The molecule has 2 atom stereocenters. The molecule has 4 heteroatoms. The number of benzene rings is 1. The lowest BCUT2D eigenvalue weighted by Crippen LogP contribution is -2.56. The summed E-state index contributed by atoms with van der Waals surface area (Å²) < 4.78 is 1.04. The van der Waals surface area contributed by atoms with Crippen molar-refractivity contribution in [3.05, 3.63) is 34.3 Å². The van der Waals surface area contributed by atoms with Gasteiger partial charge in [0.25, 0.3) is 0 Å². The lowest BCUT2D eigenvalue weighted by atomic mass is 9.85. The van der Waals surface area contributed by atoms with E-state index in [1.54, 1.807) is 0 Å². The van der Waals surface area contributed by atoms with Gasteiger partial charge in [0.05, 0.1) is 0 Å². The summed E-state index contributed by atoms with van der Waals surface area (Å²) in [7, 11) is 0. The Balaban J connectivity index is 2.36. The molecule has 110 valence electrons. The molecule has 0 bridgehead atoms. The van der Waals surface area contributed by atoms with E-state index in [1.807, 2.05) is 19.1 Å². The zero-order valence-corrected chi connectivity index (χ0v) is 13.7. The maximum absolute atomic E-state index is 11.8. The Hall–Kier alpha value is -0.870. The first kappa shape index (κ1) is 15.5. The van der Waals surface area contributed by atoms with E-state index in [1.165, 1.54) is 5.56 Å². The smallest absolute Gasteiger partial charge is 0.323 e. The maximum atomic E-state index is 11.8. The van der Waals surface area contributed by atoms with Crippen molar-refractivity contribution in [1.29, 1.82) is 0 Å². The molecule has 1 aliphatic heterocycles. The first-order chi connectivity index (χ1) is 9.49. The highest BCUT2D eigenvalue weighted by atomic mass is 79.9. The van der Waals surface area contributed by atoms with Crippen molar-refractivity contribution in [2.75, 3.05) is 6.54 Å². The molecule has 0 saturated carbocycles. The SMILES string of the molecule is CCC(c1cccc(Br)c1)N1CCCCC1(C)C(=O)O. The number of likely N-dealkylation sites (tertiary alicyclic amines) is 1. The van der Waals surface area contributed by atoms with E-state index in [0.29, 0.717) is 0 Å². The Morgan fingerprint density at radius 3 is 2.85 bits per heavy atom. The number of carboxylic acid groups (broad SMARTS) is 1. The van der Waals surface area contributed by atoms with Crippen molar-refractivity contribution >= 4 is 21.9 Å². The second-order valence-electron chi connectivity index (χ2n) is 5.71. The van der Waals surface area contributed by atoms with Gasteiger partial charge in [0, 0.05) is 10.5 Å². The predicted molar refractivity (Wildman–Crippen MR) is 83.8 cm³/mol. The average molecular weight is 340 g/mol. The lowest BCUT2D eigenvalue weighted by Gasteiger charge is -2.46. The molecule has 1 fully saturated rings. The van der Waals surface area contributed by atoms with E-state index in [4.69, 9.17) is 0 Å². The molecule has 1 heterocycles. The number of hydrogen-bond donors (Lipinski definition) is 1. The van der Waals surface area contributed by atoms with Crippen LogP contribution >= 0.6 is 15.9 Å². The fourth-order valence-electron chi connectivity index (χ4n) is 3.22. The molecule has 0 amide bonds. The molecule has 1 aliphatic rings. The number of nitrogens with zero attached hydrogens (tertiary/aromatic N) is 1. The normalized spacial score (nSPS) is 25.4. The summed E-state index contributed by atoms with van der Waals surface area (Å²) in [5.41, 5.74) is 0.442. The van der Waals surface area contributed by atoms with Crippen LogP contribution in [0.5, 0.6) is 0 Å². The van der Waals surface area contributed by atoms with Crippen LogP contribution in [0.4, 0.5) is 0 Å². The van der Waals surface area contributed by atoms with Crippen LogP contribution in [0.25, 0.3) is 0 Å². The van der Waals surface area contributed by atoms with Gasteiger partial charge in [0.1, 0.15) is 5.54 Å². The second-order valence-corrected chi connectivity index (χ2v) is 6.62. The molecule has 2 rings (SSSR count). The second kappa shape index (κ2) is 6.27. The van der Waals surface area contributed by atoms with Crippen LogP contribution in [0, 0.1) is 0 Å². The van der Waals surface area contributed by atoms with E-state index >= 15 is 0 Å². The Morgan fingerprint density at radius 2 is 2.25 bits per heavy atom. The highest BCUT2D eigenvalue weighted by molar-refractivity contribution is 9.10. The number of piperidine rings is 1. The zero-order valence-electron chi connectivity index (χ0n) is 12.1. The minimum absolute atomic E-state index is 0.161. The van der Waals surface area contributed by atoms with Gasteiger partial charge in [0.15, 0.2) is 0 Å². The molecule has 0 radical (unpaired) electrons. The van der Waals surface area contributed by atoms with Crippen LogP contribution in [-0.4, -0.2) is 28.1 Å². The standard InChI is InChI=1S/C16H22BrNO2/c1-3-14(12-7-6-8-13(17)11-12)18-10-5-4-9-16(18,2)15(19)20/h6-8,11,14H,3-5,9-10H2,1-2H3,(H,19,20). The van der Waals surface area contributed by atoms with E-state index in [2.05, 4.69) is 39.9 Å². The highest BCUT2D eigenvalue weighted by Gasteiger charge is 2.44. The van der Waals surface area contributed by atoms with Gasteiger partial charge in [-0.05, 0) is 56.8 Å². The van der Waals surface area contributed by atoms with Crippen molar-refractivity contribution in [1.82, 2.24) is 4.90 Å². The molecule has 1 saturated heterocycles. The molecular weight excluding hydrogens is 318 g/mol. The minimum atomic E-state index is -0.749. The fourth-order valence-corrected chi connectivity index (χ4v) is 3.64. The molecule has 0 aliphatic carbocycles. The van der Waals surface area contributed by atoms with Crippen molar-refractivity contribution < 1.29 is 9.90 Å². The third-order valence-electron chi connectivity index (χ3n) is 4.40. The van der Waals surface area contributed by atoms with Gasteiger partial charge in [-0.25, -0.2) is 0 Å². The van der Waals surface area contributed by atoms with Crippen molar-refractivity contribution in [2.45, 2.75) is 51.1 Å². The van der Waals surface area contributed by atoms with Gasteiger partial charge in [0.2, 0.25) is 0 Å². The van der Waals surface area contributed by atoms with Gasteiger partial charge in [-0.2, -0.15) is 0 Å². The summed E-state index contributed by atoms with van der Waals surface area (Å²) in [5.74, 6) is -0.703. The topological polar surface area (TPSA) is 40.5 Å². The highest BCUT2D eigenvalue weighted by Crippen LogP contribution is 2.38. The van der Waals surface area contributed by atoms with Crippen LogP contribution in [0.3, 0.4) is 0 Å². The Labute approximate surface area is 129 Å². The number of carboxylic acids is 1. The average Bonchev–Trinajstić information content (AvgIpc) is 2.42. The molecule has 2 unspecified atom stereocenters. The zero-order chi connectivity index (χ0) is 14.8. The third-order valence-corrected chi connectivity index (χ3v) is 4.90. The summed E-state index contributed by atoms with van der Waals surface area (Å²) in [6.45, 7) is 4.85. The monoisotopic (exact) mass is 339 g/mol. The van der Waals surface area contributed by atoms with E-state index in [0.717, 1.165) is 36.7 Å². The quantitative estimate of drug-likeness (QED) is 0.892. The van der Waals surface area contributed by atoms with Crippen LogP contribution < -0.4 is 0 Å². The Bertz CT molecular complexity index is 491. The maximum Gasteiger partial charge on any atom is 0.323 e. The number of rotatable bonds is 4. The van der Waals surface area contributed by atoms with Crippen LogP contribution in [0.2, 0.25) is 0 Å². The third kappa shape index (κ3) is 2.91. The van der Waals surface area contributed by atoms with Crippen LogP contribution in [0.15, 0.2) is 28.7 Å². The summed E-state index contributed by atoms with van der Waals surface area (Å²) in [6, 6.07) is 8.38. The van der Waals surface area contributed by atoms with E-state index < -0.39 is 11.5 Å². The number of carbonyl (C=O) groups is 1. The number of aliphatic carboxylic acids is 1. The molecule has 20 heavy (non-hydrogen) atoms. The van der Waals surface area contributed by atoms with Gasteiger partial charge in [-0.15, -0.1) is 0 Å². The van der Waals surface area contributed by atoms with Crippen LogP contribution in [-0.2, 0) is 4.79 Å². The molecule has 1 N–H and O–H groups in total. The largest absolute Gasteiger partial charge is 0.480 e. The Morgan fingerprint density at radius 1 is 1.50 bits per heavy atom. The van der Waals surface area contributed by atoms with Crippen LogP contribution in [0.1, 0.15) is 51.1 Å². The molecule has 3 nitrogen and oxygen atoms in total. The summed E-state index contributed by atoms with van der Waals surface area (Å²) >= 11 is 3.51. The van der Waals surface area contributed by atoms with Crippen molar-refractivity contribution in [3.8, 4) is 0 Å².